The van der Waals surface area contributed by atoms with Crippen molar-refractivity contribution in [2.24, 2.45) is 0 Å². The van der Waals surface area contributed by atoms with E-state index < -0.39 is 6.29 Å². The Hall–Kier alpha value is -2.11. The highest BCUT2D eigenvalue weighted by atomic mass is 19.3. The molecule has 0 radical (unpaired) electrons. The molecular weight excluding hydrogens is 232 g/mol. The molecule has 4 nitrogen and oxygen atoms in total. The standard InChI is InChI=1S/C11H9F2NO3/c1-2-3-10(15)14-7-4-5-8-9(6-7)17-11(12,13)16-8/h2-6H,1H3,(H,14,15). The van der Waals surface area contributed by atoms with Crippen molar-refractivity contribution >= 4 is 11.6 Å². The number of alkyl halides is 2. The number of carbonyl (C=O) groups is 1. The van der Waals surface area contributed by atoms with Crippen LogP contribution in [0.4, 0.5) is 14.5 Å². The highest BCUT2D eigenvalue weighted by Crippen LogP contribution is 2.42. The largest absolute Gasteiger partial charge is 0.586 e. The second kappa shape index (κ2) is 4.04. The number of anilines is 1. The summed E-state index contributed by atoms with van der Waals surface area (Å²) in [5, 5.41) is 2.49. The molecule has 1 N–H and O–H groups in total. The molecule has 1 aromatic carbocycles. The summed E-state index contributed by atoms with van der Waals surface area (Å²) in [7, 11) is 0. The third-order valence-electron chi connectivity index (χ3n) is 1.99. The number of benzene rings is 1. The van der Waals surface area contributed by atoms with Crippen molar-refractivity contribution in [3.8, 4) is 11.5 Å². The third-order valence-corrected chi connectivity index (χ3v) is 1.99. The second-order valence-corrected chi connectivity index (χ2v) is 3.32. The Labute approximate surface area is 95.8 Å². The highest BCUT2D eigenvalue weighted by Gasteiger charge is 2.43. The summed E-state index contributed by atoms with van der Waals surface area (Å²) in [6.45, 7) is 1.69. The molecule has 90 valence electrons. The number of rotatable bonds is 2. The van der Waals surface area contributed by atoms with E-state index in [1.807, 2.05) is 0 Å². The summed E-state index contributed by atoms with van der Waals surface area (Å²) < 4.78 is 33.9. The number of amides is 1. The van der Waals surface area contributed by atoms with Crippen LogP contribution in [0.3, 0.4) is 0 Å². The fraction of sp³-hybridized carbons (Fsp3) is 0.182. The number of hydrogen-bond donors (Lipinski definition) is 1. The zero-order chi connectivity index (χ0) is 12.5. The molecule has 0 fully saturated rings. The van der Waals surface area contributed by atoms with Crippen LogP contribution in [0.15, 0.2) is 30.4 Å². The number of hydrogen-bond acceptors (Lipinski definition) is 3. The van der Waals surface area contributed by atoms with Crippen LogP contribution in [-0.2, 0) is 4.79 Å². The molecule has 6 heteroatoms. The maximum Gasteiger partial charge on any atom is 0.586 e. The van der Waals surface area contributed by atoms with Crippen LogP contribution in [0.1, 0.15) is 6.92 Å². The molecule has 0 aliphatic carbocycles. The zero-order valence-corrected chi connectivity index (χ0v) is 8.87. The summed E-state index contributed by atoms with van der Waals surface area (Å²) in [5.41, 5.74) is 0.355. The van der Waals surface area contributed by atoms with Gasteiger partial charge in [-0.1, -0.05) is 6.08 Å². The first-order valence-electron chi connectivity index (χ1n) is 4.84. The SMILES string of the molecule is CC=CC(=O)Nc1ccc2c(c1)OC(F)(F)O2. The fourth-order valence-electron chi connectivity index (χ4n) is 1.36. The average Bonchev–Trinajstić information content (AvgIpc) is 2.51. The summed E-state index contributed by atoms with van der Waals surface area (Å²) in [6, 6.07) is 4.03. The first-order chi connectivity index (χ1) is 8.00. The van der Waals surface area contributed by atoms with Gasteiger partial charge in [0.25, 0.3) is 0 Å². The van der Waals surface area contributed by atoms with Gasteiger partial charge in [0.15, 0.2) is 11.5 Å². The highest BCUT2D eigenvalue weighted by molar-refractivity contribution is 5.99. The van der Waals surface area contributed by atoms with Crippen LogP contribution >= 0.6 is 0 Å². The van der Waals surface area contributed by atoms with Crippen LogP contribution < -0.4 is 14.8 Å². The van der Waals surface area contributed by atoms with Gasteiger partial charge < -0.3 is 14.8 Å². The molecule has 0 atom stereocenters. The van der Waals surface area contributed by atoms with Gasteiger partial charge in [-0.25, -0.2) is 0 Å². The molecule has 1 aliphatic heterocycles. The van der Waals surface area contributed by atoms with Crippen molar-refractivity contribution in [2.75, 3.05) is 5.32 Å². The lowest BCUT2D eigenvalue weighted by Gasteiger charge is -2.04. The Bertz CT molecular complexity index is 486. The molecular formula is C11H9F2NO3. The molecule has 17 heavy (non-hydrogen) atoms. The zero-order valence-electron chi connectivity index (χ0n) is 8.87. The van der Waals surface area contributed by atoms with E-state index in [0.29, 0.717) is 5.69 Å². The van der Waals surface area contributed by atoms with Crippen molar-refractivity contribution in [3.05, 3.63) is 30.4 Å². The maximum atomic E-state index is 12.7. The predicted octanol–water partition coefficient (Wildman–Crippen LogP) is 2.52. The molecule has 0 aromatic heterocycles. The van der Waals surface area contributed by atoms with Gasteiger partial charge in [0.2, 0.25) is 5.91 Å². The van der Waals surface area contributed by atoms with E-state index >= 15 is 0 Å². The first-order valence-corrected chi connectivity index (χ1v) is 4.84. The lowest BCUT2D eigenvalue weighted by atomic mass is 10.2. The van der Waals surface area contributed by atoms with E-state index in [2.05, 4.69) is 14.8 Å². The molecule has 0 spiro atoms. The van der Waals surface area contributed by atoms with E-state index in [9.17, 15) is 13.6 Å². The molecule has 0 bridgehead atoms. The molecule has 1 aromatic rings. The third kappa shape index (κ3) is 2.52. The van der Waals surface area contributed by atoms with Gasteiger partial charge in [-0.2, -0.15) is 0 Å². The van der Waals surface area contributed by atoms with Gasteiger partial charge >= 0.3 is 6.29 Å². The second-order valence-electron chi connectivity index (χ2n) is 3.32. The van der Waals surface area contributed by atoms with E-state index in [4.69, 9.17) is 0 Å². The lowest BCUT2D eigenvalue weighted by Crippen LogP contribution is -2.25. The van der Waals surface area contributed by atoms with E-state index in [1.165, 1.54) is 24.3 Å². The normalized spacial score (nSPS) is 16.2. The quantitative estimate of drug-likeness (QED) is 0.809. The van der Waals surface area contributed by atoms with Gasteiger partial charge in [-0.05, 0) is 25.1 Å². The predicted molar refractivity (Wildman–Crippen MR) is 56.1 cm³/mol. The number of carbonyl (C=O) groups excluding carboxylic acids is 1. The lowest BCUT2D eigenvalue weighted by molar-refractivity contribution is -0.286. The van der Waals surface area contributed by atoms with Crippen LogP contribution in [0.25, 0.3) is 0 Å². The molecule has 0 saturated carbocycles. The van der Waals surface area contributed by atoms with Crippen LogP contribution in [0, 0.1) is 0 Å². The number of fused-ring (bicyclic) bond motifs is 1. The topological polar surface area (TPSA) is 47.6 Å². The summed E-state index contributed by atoms with van der Waals surface area (Å²) >= 11 is 0. The van der Waals surface area contributed by atoms with Crippen molar-refractivity contribution in [3.63, 3.8) is 0 Å². The van der Waals surface area contributed by atoms with Crippen LogP contribution in [-0.4, -0.2) is 12.2 Å². The number of ether oxygens (including phenoxy) is 2. The van der Waals surface area contributed by atoms with Crippen molar-refractivity contribution in [1.82, 2.24) is 0 Å². The van der Waals surface area contributed by atoms with E-state index in [-0.39, 0.29) is 17.4 Å². The minimum absolute atomic E-state index is 0.0565. The van der Waals surface area contributed by atoms with E-state index in [0.717, 1.165) is 0 Å². The molecule has 0 unspecified atom stereocenters. The van der Waals surface area contributed by atoms with Gasteiger partial charge in [0, 0.05) is 11.8 Å². The van der Waals surface area contributed by atoms with Crippen molar-refractivity contribution in [1.29, 1.82) is 0 Å². The average molecular weight is 241 g/mol. The summed E-state index contributed by atoms with van der Waals surface area (Å²) in [6.07, 6.45) is -0.760. The Balaban J connectivity index is 2.16. The summed E-state index contributed by atoms with van der Waals surface area (Å²) in [4.78, 5) is 11.2. The van der Waals surface area contributed by atoms with E-state index in [1.54, 1.807) is 13.0 Å². The van der Waals surface area contributed by atoms with Crippen LogP contribution in [0.5, 0.6) is 11.5 Å². The maximum absolute atomic E-state index is 12.7. The Morgan fingerprint density at radius 2 is 2.06 bits per heavy atom. The van der Waals surface area contributed by atoms with Crippen molar-refractivity contribution < 1.29 is 23.0 Å². The van der Waals surface area contributed by atoms with Crippen LogP contribution in [0.2, 0.25) is 0 Å². The van der Waals surface area contributed by atoms with Crippen molar-refractivity contribution in [2.45, 2.75) is 13.2 Å². The minimum Gasteiger partial charge on any atom is -0.395 e. The van der Waals surface area contributed by atoms with Gasteiger partial charge in [0.05, 0.1) is 0 Å². The van der Waals surface area contributed by atoms with Gasteiger partial charge in [-0.15, -0.1) is 8.78 Å². The Morgan fingerprint density at radius 1 is 1.35 bits per heavy atom. The number of halogens is 2. The fourth-order valence-corrected chi connectivity index (χ4v) is 1.36. The first kappa shape index (κ1) is 11.4. The molecule has 1 amide bonds. The Kier molecular flexibility index (Phi) is 2.71. The van der Waals surface area contributed by atoms with Gasteiger partial charge in [0.1, 0.15) is 0 Å². The monoisotopic (exact) mass is 241 g/mol. The number of nitrogens with one attached hydrogen (secondary N) is 1. The molecule has 2 rings (SSSR count). The minimum atomic E-state index is -3.64. The van der Waals surface area contributed by atoms with Gasteiger partial charge in [-0.3, -0.25) is 4.79 Å². The molecule has 0 saturated heterocycles. The molecule has 1 aliphatic rings. The smallest absolute Gasteiger partial charge is 0.395 e. The molecule has 1 heterocycles. The summed E-state index contributed by atoms with van der Waals surface area (Å²) in [5.74, 6) is -0.509. The number of allylic oxidation sites excluding steroid dienone is 1. The Morgan fingerprint density at radius 3 is 2.76 bits per heavy atom.